The molecule has 0 atom stereocenters. The summed E-state index contributed by atoms with van der Waals surface area (Å²) in [5.74, 6) is 0. The van der Waals surface area contributed by atoms with Crippen LogP contribution < -0.4 is 0 Å². The molecule has 0 aliphatic rings. The van der Waals surface area contributed by atoms with Gasteiger partial charge < -0.3 is 34.4 Å². The van der Waals surface area contributed by atoms with E-state index >= 15 is 0 Å². The molecule has 98 valence electrons. The molecule has 0 saturated carbocycles. The third-order valence-electron chi connectivity index (χ3n) is 1.62. The molecule has 0 saturated heterocycles. The number of aliphatic hydroxyl groups excluding tert-OH is 2. The zero-order chi connectivity index (χ0) is 12.4. The number of rotatable bonds is 10. The SMILES string of the molecule is OC(O)CCCOP(O)OCCCC(O)O. The van der Waals surface area contributed by atoms with E-state index in [1.165, 1.54) is 0 Å². The standard InChI is InChI=1S/C8H19O7P/c9-7(10)3-1-5-14-16(13)15-6-2-4-8(11)12/h7-13H,1-6H2. The summed E-state index contributed by atoms with van der Waals surface area (Å²) < 4.78 is 9.70. The first-order valence-electron chi connectivity index (χ1n) is 4.99. The molecule has 0 spiro atoms. The number of aliphatic hydroxyl groups is 4. The van der Waals surface area contributed by atoms with Crippen molar-refractivity contribution in [3.05, 3.63) is 0 Å². The van der Waals surface area contributed by atoms with Crippen LogP contribution in [0, 0.1) is 0 Å². The van der Waals surface area contributed by atoms with Crippen molar-refractivity contribution in [1.82, 2.24) is 0 Å². The Morgan fingerprint density at radius 1 is 0.812 bits per heavy atom. The fraction of sp³-hybridized carbons (Fsp3) is 1.00. The first-order valence-corrected chi connectivity index (χ1v) is 6.12. The molecule has 0 bridgehead atoms. The molecule has 0 fully saturated rings. The van der Waals surface area contributed by atoms with Crippen molar-refractivity contribution in [2.75, 3.05) is 13.2 Å². The normalized spacial score (nSPS) is 12.0. The van der Waals surface area contributed by atoms with Crippen LogP contribution in [0.1, 0.15) is 25.7 Å². The van der Waals surface area contributed by atoms with Crippen LogP contribution in [0.25, 0.3) is 0 Å². The first kappa shape index (κ1) is 16.1. The minimum Gasteiger partial charge on any atom is -0.368 e. The molecule has 0 aliphatic heterocycles. The highest BCUT2D eigenvalue weighted by Crippen LogP contribution is 2.33. The number of hydrogen-bond acceptors (Lipinski definition) is 7. The lowest BCUT2D eigenvalue weighted by molar-refractivity contribution is -0.0487. The quantitative estimate of drug-likeness (QED) is 0.202. The minimum absolute atomic E-state index is 0.180. The maximum absolute atomic E-state index is 9.15. The van der Waals surface area contributed by atoms with Gasteiger partial charge in [-0.25, -0.2) is 0 Å². The zero-order valence-electron chi connectivity index (χ0n) is 8.90. The van der Waals surface area contributed by atoms with E-state index in [0.717, 1.165) is 0 Å². The molecule has 0 aliphatic carbocycles. The second-order valence-corrected chi connectivity index (χ2v) is 4.14. The van der Waals surface area contributed by atoms with Gasteiger partial charge in [0.1, 0.15) is 0 Å². The number of hydrogen-bond donors (Lipinski definition) is 5. The van der Waals surface area contributed by atoms with Gasteiger partial charge in [0.2, 0.25) is 0 Å². The average Bonchev–Trinajstić information content (AvgIpc) is 2.19. The van der Waals surface area contributed by atoms with Crippen LogP contribution in [0.5, 0.6) is 0 Å². The van der Waals surface area contributed by atoms with Crippen LogP contribution in [0.2, 0.25) is 0 Å². The van der Waals surface area contributed by atoms with Crippen molar-refractivity contribution in [3.8, 4) is 0 Å². The molecule has 8 heteroatoms. The van der Waals surface area contributed by atoms with Gasteiger partial charge in [-0.15, -0.1) is 0 Å². The van der Waals surface area contributed by atoms with Gasteiger partial charge in [0.05, 0.1) is 13.2 Å². The lowest BCUT2D eigenvalue weighted by atomic mass is 10.3. The van der Waals surface area contributed by atoms with Crippen molar-refractivity contribution in [2.45, 2.75) is 38.3 Å². The van der Waals surface area contributed by atoms with Crippen molar-refractivity contribution < 1.29 is 34.4 Å². The summed E-state index contributed by atoms with van der Waals surface area (Å²) in [6.07, 6.45) is -1.54. The summed E-state index contributed by atoms with van der Waals surface area (Å²) in [5.41, 5.74) is 0. The van der Waals surface area contributed by atoms with Crippen molar-refractivity contribution in [3.63, 3.8) is 0 Å². The van der Waals surface area contributed by atoms with Gasteiger partial charge in [-0.2, -0.15) is 0 Å². The Morgan fingerprint density at radius 2 is 1.19 bits per heavy atom. The van der Waals surface area contributed by atoms with Gasteiger partial charge in [-0.3, -0.25) is 0 Å². The molecule has 5 N–H and O–H groups in total. The van der Waals surface area contributed by atoms with Crippen molar-refractivity contribution in [2.24, 2.45) is 0 Å². The topological polar surface area (TPSA) is 120 Å². The molecule has 0 unspecified atom stereocenters. The third kappa shape index (κ3) is 12.2. The Labute approximate surface area is 95.3 Å². The Morgan fingerprint density at radius 3 is 1.50 bits per heavy atom. The Kier molecular flexibility index (Phi) is 10.4. The molecule has 16 heavy (non-hydrogen) atoms. The molecule has 0 aromatic heterocycles. The Bertz CT molecular complexity index is 139. The molecule has 0 radical (unpaired) electrons. The van der Waals surface area contributed by atoms with Crippen LogP contribution in [0.3, 0.4) is 0 Å². The fourth-order valence-electron chi connectivity index (χ4n) is 0.854. The fourth-order valence-corrected chi connectivity index (χ4v) is 1.50. The van der Waals surface area contributed by atoms with Gasteiger partial charge in [0, 0.05) is 12.8 Å². The van der Waals surface area contributed by atoms with E-state index in [1.54, 1.807) is 0 Å². The Balaban J connectivity index is 3.21. The molecule has 0 rings (SSSR count). The van der Waals surface area contributed by atoms with Crippen molar-refractivity contribution in [1.29, 1.82) is 0 Å². The maximum Gasteiger partial charge on any atom is 0.329 e. The summed E-state index contributed by atoms with van der Waals surface area (Å²) in [7, 11) is -1.97. The van der Waals surface area contributed by atoms with Gasteiger partial charge in [-0.1, -0.05) is 0 Å². The van der Waals surface area contributed by atoms with Crippen molar-refractivity contribution >= 4 is 8.60 Å². The monoisotopic (exact) mass is 258 g/mol. The summed E-state index contributed by atoms with van der Waals surface area (Å²) >= 11 is 0. The van der Waals surface area contributed by atoms with Crippen LogP contribution in [0.4, 0.5) is 0 Å². The predicted octanol–water partition coefficient (Wildman–Crippen LogP) is -0.579. The molecule has 7 nitrogen and oxygen atoms in total. The lowest BCUT2D eigenvalue weighted by Crippen LogP contribution is -2.06. The maximum atomic E-state index is 9.15. The lowest BCUT2D eigenvalue weighted by Gasteiger charge is -2.11. The summed E-state index contributed by atoms with van der Waals surface area (Å²) in [6, 6.07) is 0. The second kappa shape index (κ2) is 10.3. The van der Waals surface area contributed by atoms with Crippen LogP contribution in [-0.4, -0.2) is 51.1 Å². The molecular formula is C8H19O7P. The molecule has 0 amide bonds. The summed E-state index contributed by atoms with van der Waals surface area (Å²) in [6.45, 7) is 0.366. The minimum atomic E-state index is -1.97. The van der Waals surface area contributed by atoms with E-state index in [2.05, 4.69) is 0 Å². The predicted molar refractivity (Wildman–Crippen MR) is 56.0 cm³/mol. The van der Waals surface area contributed by atoms with Crippen LogP contribution in [-0.2, 0) is 9.05 Å². The second-order valence-electron chi connectivity index (χ2n) is 3.15. The third-order valence-corrected chi connectivity index (χ3v) is 2.42. The van der Waals surface area contributed by atoms with E-state index in [0.29, 0.717) is 12.8 Å². The molecule has 0 heterocycles. The van der Waals surface area contributed by atoms with E-state index in [1.807, 2.05) is 0 Å². The zero-order valence-corrected chi connectivity index (χ0v) is 9.79. The summed E-state index contributed by atoms with van der Waals surface area (Å²) in [5, 5.41) is 34.0. The van der Waals surface area contributed by atoms with E-state index in [4.69, 9.17) is 34.4 Å². The molecule has 0 aromatic carbocycles. The smallest absolute Gasteiger partial charge is 0.329 e. The highest BCUT2D eigenvalue weighted by Gasteiger charge is 2.07. The highest BCUT2D eigenvalue weighted by molar-refractivity contribution is 7.40. The van der Waals surface area contributed by atoms with Gasteiger partial charge in [0.15, 0.2) is 12.6 Å². The van der Waals surface area contributed by atoms with Crippen LogP contribution >= 0.6 is 8.60 Å². The average molecular weight is 258 g/mol. The highest BCUT2D eigenvalue weighted by atomic mass is 31.2. The molecule has 0 aromatic rings. The first-order chi connectivity index (χ1) is 7.52. The Hall–Kier alpha value is 0.150. The van der Waals surface area contributed by atoms with Crippen LogP contribution in [0.15, 0.2) is 0 Å². The van der Waals surface area contributed by atoms with Gasteiger partial charge in [-0.05, 0) is 12.8 Å². The summed E-state index contributed by atoms with van der Waals surface area (Å²) in [4.78, 5) is 9.15. The van der Waals surface area contributed by atoms with Gasteiger partial charge in [0.25, 0.3) is 0 Å². The van der Waals surface area contributed by atoms with E-state index in [-0.39, 0.29) is 26.1 Å². The van der Waals surface area contributed by atoms with E-state index in [9.17, 15) is 0 Å². The van der Waals surface area contributed by atoms with E-state index < -0.39 is 21.2 Å². The molecular weight excluding hydrogens is 239 g/mol. The van der Waals surface area contributed by atoms with Gasteiger partial charge >= 0.3 is 8.60 Å². The largest absolute Gasteiger partial charge is 0.368 e.